The summed E-state index contributed by atoms with van der Waals surface area (Å²) >= 11 is 6.23. The van der Waals surface area contributed by atoms with Gasteiger partial charge in [-0.3, -0.25) is 9.98 Å². The van der Waals surface area contributed by atoms with Crippen molar-refractivity contribution >= 4 is 28.5 Å². The number of rotatable bonds is 13. The lowest BCUT2D eigenvalue weighted by molar-refractivity contribution is 0.591. The predicted octanol–water partition coefficient (Wildman–Crippen LogP) is 5.64. The topological polar surface area (TPSA) is 125 Å². The Bertz CT molecular complexity index is 1580. The van der Waals surface area contributed by atoms with Gasteiger partial charge in [0.1, 0.15) is 5.65 Å². The van der Waals surface area contributed by atoms with Crippen molar-refractivity contribution in [3.63, 3.8) is 0 Å². The molecular weight excluding hydrogens is 541 g/mol. The van der Waals surface area contributed by atoms with Crippen LogP contribution in [0.4, 0.5) is 4.39 Å². The third-order valence-electron chi connectivity index (χ3n) is 6.89. The highest BCUT2D eigenvalue weighted by atomic mass is 35.5. The van der Waals surface area contributed by atoms with Gasteiger partial charge < -0.3 is 21.4 Å². The fraction of sp³-hybridized carbons (Fsp3) is 0.323. The van der Waals surface area contributed by atoms with E-state index in [0.717, 1.165) is 49.9 Å². The minimum atomic E-state index is -0.522. The van der Waals surface area contributed by atoms with E-state index in [2.05, 4.69) is 27.2 Å². The van der Waals surface area contributed by atoms with Crippen LogP contribution in [0, 0.1) is 11.2 Å². The van der Waals surface area contributed by atoms with Gasteiger partial charge in [-0.05, 0) is 87.5 Å². The summed E-state index contributed by atoms with van der Waals surface area (Å²) in [4.78, 5) is 20.2. The maximum Gasteiger partial charge on any atom is 0.354 e. The zero-order chi connectivity index (χ0) is 29.5. The molecule has 0 aliphatic heterocycles. The van der Waals surface area contributed by atoms with Crippen LogP contribution in [0.5, 0.6) is 0 Å². The van der Waals surface area contributed by atoms with Crippen LogP contribution >= 0.6 is 11.6 Å². The maximum absolute atomic E-state index is 15.1. The average molecular weight is 578 g/mol. The first-order valence-corrected chi connectivity index (χ1v) is 14.2. The van der Waals surface area contributed by atoms with Gasteiger partial charge in [-0.2, -0.15) is 4.98 Å². The molecule has 41 heavy (non-hydrogen) atoms. The van der Waals surface area contributed by atoms with Gasteiger partial charge in [0.15, 0.2) is 5.82 Å². The Hall–Kier alpha value is -3.79. The molecule has 0 amide bonds. The van der Waals surface area contributed by atoms with Gasteiger partial charge in [0.2, 0.25) is 0 Å². The molecule has 8 nitrogen and oxygen atoms in total. The predicted molar refractivity (Wildman–Crippen MR) is 166 cm³/mol. The number of nitrogens with one attached hydrogen (secondary N) is 4. The summed E-state index contributed by atoms with van der Waals surface area (Å²) in [6.07, 6.45) is 6.88. The van der Waals surface area contributed by atoms with Crippen LogP contribution in [-0.2, 0) is 6.42 Å². The van der Waals surface area contributed by atoms with Crippen LogP contribution in [0.15, 0.2) is 66.1 Å². The molecular formula is C31H37ClFN7O. The molecule has 0 bridgehead atoms. The monoisotopic (exact) mass is 577 g/mol. The molecule has 10 heteroatoms. The average Bonchev–Trinajstić information content (AvgIpc) is 3.34. The number of hydrogen-bond donors (Lipinski definition) is 5. The van der Waals surface area contributed by atoms with Crippen LogP contribution in [0.25, 0.3) is 28.0 Å². The molecule has 4 aromatic rings. The highest BCUT2D eigenvalue weighted by molar-refractivity contribution is 6.31. The Balaban J connectivity index is 1.54. The largest absolute Gasteiger partial charge is 0.374 e. The molecule has 0 aliphatic rings. The first kappa shape index (κ1) is 30.2. The van der Waals surface area contributed by atoms with E-state index in [1.54, 1.807) is 31.3 Å². The van der Waals surface area contributed by atoms with Crippen molar-refractivity contribution in [1.82, 2.24) is 25.2 Å². The Labute approximate surface area is 244 Å². The van der Waals surface area contributed by atoms with E-state index >= 15 is 4.39 Å². The normalized spacial score (nSPS) is 12.8. The SMILES string of the molecule is C=C[C@H](NCCCNC(C)=N)c1ccc(-n2cc3cc(-c4cc(CCC[C@H](C)N)cc(Cl)c4F)[nH]c3nc2=O)cc1. The number of nitrogens with zero attached hydrogens (tertiary/aromatic N) is 2. The lowest BCUT2D eigenvalue weighted by Crippen LogP contribution is -2.26. The Kier molecular flexibility index (Phi) is 10.1. The van der Waals surface area contributed by atoms with E-state index < -0.39 is 11.5 Å². The van der Waals surface area contributed by atoms with Gasteiger partial charge in [-0.15, -0.1) is 6.58 Å². The molecule has 6 N–H and O–H groups in total. The molecule has 2 atom stereocenters. The number of aromatic nitrogens is 3. The zero-order valence-corrected chi connectivity index (χ0v) is 24.2. The standard InChI is InChI=1S/C31H37ClFN7O/c1-4-27(37-14-6-13-36-20(3)35)22-9-11-24(12-10-22)40-18-23-17-28(38-30(23)39-31(40)41)25-15-21(8-5-7-19(2)34)16-26(32)29(25)33/h4,9-12,15-19,27,37H,1,5-8,13-14,34H2,2-3H3,(H2,35,36)(H,38,39,41)/t19-,27-/m0/s1. The molecule has 2 aromatic carbocycles. The van der Waals surface area contributed by atoms with Gasteiger partial charge >= 0.3 is 5.69 Å². The zero-order valence-electron chi connectivity index (χ0n) is 23.4. The minimum Gasteiger partial charge on any atom is -0.374 e. The molecule has 2 aromatic heterocycles. The van der Waals surface area contributed by atoms with Crippen molar-refractivity contribution in [3.05, 3.63) is 93.8 Å². The van der Waals surface area contributed by atoms with E-state index in [0.29, 0.717) is 33.8 Å². The summed E-state index contributed by atoms with van der Waals surface area (Å²) in [5, 5.41) is 14.6. The summed E-state index contributed by atoms with van der Waals surface area (Å²) in [6.45, 7) is 9.10. The number of nitrogens with two attached hydrogens (primary N) is 1. The van der Waals surface area contributed by atoms with E-state index in [1.807, 2.05) is 37.3 Å². The highest BCUT2D eigenvalue weighted by Crippen LogP contribution is 2.31. The molecule has 2 heterocycles. The molecule has 0 aliphatic carbocycles. The van der Waals surface area contributed by atoms with Crippen molar-refractivity contribution in [2.45, 2.75) is 51.6 Å². The fourth-order valence-electron chi connectivity index (χ4n) is 4.74. The van der Waals surface area contributed by atoms with Gasteiger partial charge in [0, 0.05) is 29.7 Å². The van der Waals surface area contributed by atoms with E-state index in [4.69, 9.17) is 22.7 Å². The smallest absolute Gasteiger partial charge is 0.354 e. The number of halogens is 2. The summed E-state index contributed by atoms with van der Waals surface area (Å²) in [6, 6.07) is 12.9. The molecule has 4 rings (SSSR count). The van der Waals surface area contributed by atoms with Gasteiger partial charge in [0.05, 0.1) is 28.3 Å². The van der Waals surface area contributed by atoms with Gasteiger partial charge in [0.25, 0.3) is 0 Å². The lowest BCUT2D eigenvalue weighted by Gasteiger charge is -2.16. The quantitative estimate of drug-likeness (QED) is 0.0609. The first-order chi connectivity index (χ1) is 19.7. The fourth-order valence-corrected chi connectivity index (χ4v) is 4.98. The van der Waals surface area contributed by atoms with Crippen LogP contribution in [-0.4, -0.2) is 39.5 Å². The Morgan fingerprint density at radius 3 is 2.68 bits per heavy atom. The third kappa shape index (κ3) is 7.70. The van der Waals surface area contributed by atoms with Crippen LogP contribution in [0.3, 0.4) is 0 Å². The molecule has 216 valence electrons. The van der Waals surface area contributed by atoms with Gasteiger partial charge in [-0.25, -0.2) is 9.18 Å². The molecule has 0 saturated heterocycles. The number of fused-ring (bicyclic) bond motifs is 1. The van der Waals surface area contributed by atoms with Crippen molar-refractivity contribution < 1.29 is 4.39 Å². The number of benzene rings is 2. The number of hydrogen-bond acceptors (Lipinski definition) is 5. The van der Waals surface area contributed by atoms with Crippen molar-refractivity contribution in [2.75, 3.05) is 13.1 Å². The second-order valence-electron chi connectivity index (χ2n) is 10.4. The highest BCUT2D eigenvalue weighted by Gasteiger charge is 2.16. The van der Waals surface area contributed by atoms with Crippen LogP contribution in [0.2, 0.25) is 5.02 Å². The molecule has 0 unspecified atom stereocenters. The summed E-state index contributed by atoms with van der Waals surface area (Å²) in [5.74, 6) is -0.0689. The number of amidine groups is 1. The van der Waals surface area contributed by atoms with E-state index in [9.17, 15) is 4.79 Å². The van der Waals surface area contributed by atoms with Crippen molar-refractivity contribution in [3.8, 4) is 16.9 Å². The second kappa shape index (κ2) is 13.7. The van der Waals surface area contributed by atoms with Crippen molar-refractivity contribution in [2.24, 2.45) is 5.73 Å². The number of H-pyrrole nitrogens is 1. The lowest BCUT2D eigenvalue weighted by atomic mass is 10.0. The summed E-state index contributed by atoms with van der Waals surface area (Å²) in [7, 11) is 0. The third-order valence-corrected chi connectivity index (χ3v) is 7.16. The first-order valence-electron chi connectivity index (χ1n) is 13.8. The van der Waals surface area contributed by atoms with Crippen LogP contribution < -0.4 is 22.1 Å². The summed E-state index contributed by atoms with van der Waals surface area (Å²) in [5.41, 5.74) is 9.22. The maximum atomic E-state index is 15.1. The number of aromatic amines is 1. The van der Waals surface area contributed by atoms with Crippen LogP contribution in [0.1, 0.15) is 50.3 Å². The van der Waals surface area contributed by atoms with E-state index in [-0.39, 0.29) is 17.1 Å². The van der Waals surface area contributed by atoms with Crippen molar-refractivity contribution in [1.29, 1.82) is 5.41 Å². The number of aryl methyl sites for hydroxylation is 1. The van der Waals surface area contributed by atoms with Gasteiger partial charge in [-0.1, -0.05) is 29.8 Å². The van der Waals surface area contributed by atoms with E-state index in [1.165, 1.54) is 4.57 Å². The molecule has 0 spiro atoms. The minimum absolute atomic E-state index is 0.0501. The second-order valence-corrected chi connectivity index (χ2v) is 10.8. The Morgan fingerprint density at radius 2 is 2.00 bits per heavy atom. The Morgan fingerprint density at radius 1 is 1.24 bits per heavy atom. The molecule has 0 saturated carbocycles. The summed E-state index contributed by atoms with van der Waals surface area (Å²) < 4.78 is 16.5. The molecule has 0 fully saturated rings. The molecule has 0 radical (unpaired) electrons.